The zero-order valence-electron chi connectivity index (χ0n) is 23.7. The molecule has 0 spiro atoms. The van der Waals surface area contributed by atoms with Gasteiger partial charge in [-0.2, -0.15) is 0 Å². The smallest absolute Gasteiger partial charge is 0.224 e. The monoisotopic (exact) mass is 560 g/mol. The first-order valence-corrected chi connectivity index (χ1v) is 14.8. The molecule has 1 amide bonds. The number of rotatable bonds is 9. The third kappa shape index (κ3) is 7.36. The minimum atomic E-state index is 0.0931. The highest BCUT2D eigenvalue weighted by Crippen LogP contribution is 2.32. The predicted octanol–water partition coefficient (Wildman–Crippen LogP) is 6.09. The maximum absolute atomic E-state index is 12.9. The number of para-hydroxylation sites is 2. The number of carbonyl (C=O) groups excluding carboxylic acids is 1. The Morgan fingerprint density at radius 3 is 2.50 bits per heavy atom. The maximum Gasteiger partial charge on any atom is 0.224 e. The lowest BCUT2D eigenvalue weighted by molar-refractivity contribution is -0.116. The lowest BCUT2D eigenvalue weighted by Gasteiger charge is -2.47. The Balaban J connectivity index is 1.23. The Kier molecular flexibility index (Phi) is 9.63. The minimum absolute atomic E-state index is 0.0931. The number of halogens is 1. The van der Waals surface area contributed by atoms with Gasteiger partial charge in [-0.15, -0.1) is 0 Å². The van der Waals surface area contributed by atoms with E-state index in [-0.39, 0.29) is 5.91 Å². The van der Waals surface area contributed by atoms with Crippen LogP contribution in [-0.2, 0) is 11.3 Å². The first-order chi connectivity index (χ1) is 19.5. The second-order valence-corrected chi connectivity index (χ2v) is 11.6. The molecule has 3 aromatic carbocycles. The van der Waals surface area contributed by atoms with Crippen LogP contribution in [0.5, 0.6) is 5.75 Å². The number of nitrogens with zero attached hydrogens (tertiary/aromatic N) is 3. The summed E-state index contributed by atoms with van der Waals surface area (Å²) in [5, 5.41) is 3.88. The van der Waals surface area contributed by atoms with Crippen molar-refractivity contribution in [1.29, 1.82) is 0 Å². The molecular formula is C33H41ClN4O2. The van der Waals surface area contributed by atoms with Gasteiger partial charge < -0.3 is 15.0 Å². The topological polar surface area (TPSA) is 48.1 Å². The fourth-order valence-corrected chi connectivity index (χ4v) is 6.47. The van der Waals surface area contributed by atoms with Gasteiger partial charge in [0, 0.05) is 62.4 Å². The molecule has 5 rings (SSSR count). The molecule has 0 bridgehead atoms. The quantitative estimate of drug-likeness (QED) is 0.343. The molecule has 0 aliphatic carbocycles. The van der Waals surface area contributed by atoms with Gasteiger partial charge in [0.05, 0.1) is 12.8 Å². The number of carbonyl (C=O) groups is 1. The number of hydrogen-bond acceptors (Lipinski definition) is 5. The molecule has 2 saturated heterocycles. The average Bonchev–Trinajstić information content (AvgIpc) is 2.97. The second kappa shape index (κ2) is 13.5. The summed E-state index contributed by atoms with van der Waals surface area (Å²) in [6.07, 6.45) is 2.52. The van der Waals surface area contributed by atoms with Crippen LogP contribution in [0.15, 0.2) is 72.8 Å². The summed E-state index contributed by atoms with van der Waals surface area (Å²) < 4.78 is 5.62. The van der Waals surface area contributed by atoms with E-state index in [9.17, 15) is 4.79 Å². The van der Waals surface area contributed by atoms with Crippen molar-refractivity contribution in [3.05, 3.63) is 88.9 Å². The van der Waals surface area contributed by atoms with E-state index in [1.54, 1.807) is 7.11 Å². The zero-order chi connectivity index (χ0) is 27.9. The number of nitrogens with one attached hydrogen (secondary N) is 1. The van der Waals surface area contributed by atoms with E-state index in [1.807, 2.05) is 48.5 Å². The van der Waals surface area contributed by atoms with E-state index in [2.05, 4.69) is 51.2 Å². The van der Waals surface area contributed by atoms with Crippen LogP contribution in [0.4, 0.5) is 11.4 Å². The summed E-state index contributed by atoms with van der Waals surface area (Å²) in [6, 6.07) is 25.0. The summed E-state index contributed by atoms with van der Waals surface area (Å²) in [6.45, 7) is 8.97. The Morgan fingerprint density at radius 1 is 0.975 bits per heavy atom. The molecule has 212 valence electrons. The van der Waals surface area contributed by atoms with Gasteiger partial charge in [0.25, 0.3) is 0 Å². The second-order valence-electron chi connectivity index (χ2n) is 11.1. The highest BCUT2D eigenvalue weighted by molar-refractivity contribution is 6.30. The molecule has 1 N–H and O–H groups in total. The number of ether oxygens (including phenoxy) is 1. The number of amides is 1. The van der Waals surface area contributed by atoms with Gasteiger partial charge in [-0.25, -0.2) is 0 Å². The Hall–Kier alpha value is -3.06. The number of piperidine rings is 1. The summed E-state index contributed by atoms with van der Waals surface area (Å²) in [5.74, 6) is 1.45. The Bertz CT molecular complexity index is 1260. The molecule has 2 aliphatic heterocycles. The highest BCUT2D eigenvalue weighted by atomic mass is 35.5. The minimum Gasteiger partial charge on any atom is -0.495 e. The Labute approximate surface area is 243 Å². The molecule has 2 heterocycles. The number of methoxy groups -OCH3 is 1. The summed E-state index contributed by atoms with van der Waals surface area (Å²) in [5.41, 5.74) is 4.47. The van der Waals surface area contributed by atoms with Gasteiger partial charge >= 0.3 is 0 Å². The number of aryl methyl sites for hydroxylation is 1. The molecule has 40 heavy (non-hydrogen) atoms. The third-order valence-corrected chi connectivity index (χ3v) is 8.59. The molecule has 6 nitrogen and oxygen atoms in total. The molecule has 2 atom stereocenters. The largest absolute Gasteiger partial charge is 0.495 e. The zero-order valence-corrected chi connectivity index (χ0v) is 24.4. The average molecular weight is 561 g/mol. The van der Waals surface area contributed by atoms with E-state index < -0.39 is 0 Å². The molecule has 2 fully saturated rings. The lowest BCUT2D eigenvalue weighted by atomic mass is 9.86. The normalized spacial score (nSPS) is 20.3. The summed E-state index contributed by atoms with van der Waals surface area (Å²) in [7, 11) is 1.74. The first-order valence-electron chi connectivity index (χ1n) is 14.4. The van der Waals surface area contributed by atoms with Crippen LogP contribution in [0.3, 0.4) is 0 Å². The molecule has 0 aromatic heterocycles. The van der Waals surface area contributed by atoms with E-state index in [4.69, 9.17) is 16.3 Å². The van der Waals surface area contributed by atoms with Crippen molar-refractivity contribution in [2.45, 2.75) is 38.8 Å². The molecule has 0 radical (unpaired) electrons. The third-order valence-electron chi connectivity index (χ3n) is 8.36. The fraction of sp³-hybridized carbons (Fsp3) is 0.424. The van der Waals surface area contributed by atoms with Crippen LogP contribution in [0.2, 0.25) is 5.02 Å². The number of piperazine rings is 1. The van der Waals surface area contributed by atoms with Crippen LogP contribution in [0.1, 0.15) is 30.4 Å². The van der Waals surface area contributed by atoms with Crippen LogP contribution in [0, 0.1) is 12.8 Å². The number of likely N-dealkylation sites (tertiary alicyclic amines) is 1. The predicted molar refractivity (Wildman–Crippen MR) is 164 cm³/mol. The van der Waals surface area contributed by atoms with E-state index in [0.29, 0.717) is 18.4 Å². The fourth-order valence-electron chi connectivity index (χ4n) is 6.26. The molecule has 3 aromatic rings. The number of benzene rings is 3. The van der Waals surface area contributed by atoms with Gasteiger partial charge in [0.15, 0.2) is 0 Å². The van der Waals surface area contributed by atoms with Crippen molar-refractivity contribution < 1.29 is 9.53 Å². The van der Waals surface area contributed by atoms with Gasteiger partial charge in [-0.3, -0.25) is 14.6 Å². The highest BCUT2D eigenvalue weighted by Gasteiger charge is 2.35. The van der Waals surface area contributed by atoms with Gasteiger partial charge in [0.2, 0.25) is 5.91 Å². The van der Waals surface area contributed by atoms with Gasteiger partial charge in [-0.05, 0) is 74.2 Å². The number of anilines is 2. The molecule has 2 aliphatic rings. The summed E-state index contributed by atoms with van der Waals surface area (Å²) >= 11 is 6.27. The maximum atomic E-state index is 12.9. The molecule has 0 saturated carbocycles. The molecule has 7 heteroatoms. The van der Waals surface area contributed by atoms with Crippen LogP contribution >= 0.6 is 11.6 Å². The lowest BCUT2D eigenvalue weighted by Crippen LogP contribution is -2.56. The van der Waals surface area contributed by atoms with Gasteiger partial charge in [0.1, 0.15) is 5.75 Å². The SMILES string of the molecule is COc1ccccc1N1CCN([C@@H]2CCN(Cc3cccc(Cl)c3)C[C@@H]2CCC(=O)Nc2ccc(C)cc2)CC1. The first kappa shape index (κ1) is 28.5. The van der Waals surface area contributed by atoms with Gasteiger partial charge in [-0.1, -0.05) is 53.6 Å². The van der Waals surface area contributed by atoms with Crippen molar-refractivity contribution >= 4 is 28.9 Å². The van der Waals surface area contributed by atoms with Crippen LogP contribution in [0.25, 0.3) is 0 Å². The van der Waals surface area contributed by atoms with Crippen molar-refractivity contribution in [2.24, 2.45) is 5.92 Å². The van der Waals surface area contributed by atoms with Crippen LogP contribution in [-0.4, -0.2) is 68.1 Å². The van der Waals surface area contributed by atoms with Crippen molar-refractivity contribution in [3.8, 4) is 5.75 Å². The molecular weight excluding hydrogens is 520 g/mol. The van der Waals surface area contributed by atoms with E-state index >= 15 is 0 Å². The molecule has 0 unspecified atom stereocenters. The van der Waals surface area contributed by atoms with Crippen molar-refractivity contribution in [1.82, 2.24) is 9.80 Å². The van der Waals surface area contributed by atoms with E-state index in [0.717, 1.165) is 75.1 Å². The Morgan fingerprint density at radius 2 is 1.75 bits per heavy atom. The van der Waals surface area contributed by atoms with Crippen molar-refractivity contribution in [2.75, 3.05) is 56.6 Å². The standard InChI is InChI=1S/C33H41ClN4O2/c1-25-10-13-29(14-11-25)35-33(39)15-12-27-24-36(23-26-6-5-7-28(34)22-26)17-16-30(27)37-18-20-38(21-19-37)31-8-3-4-9-32(31)40-2/h3-11,13-14,22,27,30H,12,15-21,23-24H2,1-2H3,(H,35,39)/t27-,30+/m0/s1. The number of hydrogen-bond donors (Lipinski definition) is 1. The summed E-state index contributed by atoms with van der Waals surface area (Å²) in [4.78, 5) is 20.6. The van der Waals surface area contributed by atoms with Crippen LogP contribution < -0.4 is 15.0 Å². The van der Waals surface area contributed by atoms with E-state index in [1.165, 1.54) is 16.8 Å². The van der Waals surface area contributed by atoms with Crippen molar-refractivity contribution in [3.63, 3.8) is 0 Å².